The summed E-state index contributed by atoms with van der Waals surface area (Å²) in [4.78, 5) is 79.6. The van der Waals surface area contributed by atoms with E-state index in [9.17, 15) is 32.8 Å². The average molecular weight is 950 g/mol. The lowest BCUT2D eigenvalue weighted by Crippen LogP contribution is -2.52. The largest absolute Gasteiger partial charge is 0.346 e. The first-order valence-electron chi connectivity index (χ1n) is 21.0. The highest BCUT2D eigenvalue weighted by atomic mass is 35.5. The van der Waals surface area contributed by atoms with Gasteiger partial charge in [-0.1, -0.05) is 29.8 Å². The molecule has 1 unspecified atom stereocenters. The summed E-state index contributed by atoms with van der Waals surface area (Å²) >= 11 is 6.34. The van der Waals surface area contributed by atoms with Crippen LogP contribution < -0.4 is 26.6 Å². The number of rotatable bonds is 14. The summed E-state index contributed by atoms with van der Waals surface area (Å²) in [6.07, 6.45) is 3.72. The van der Waals surface area contributed by atoms with E-state index in [4.69, 9.17) is 16.6 Å². The van der Waals surface area contributed by atoms with Crippen molar-refractivity contribution in [2.45, 2.75) is 51.5 Å². The summed E-state index contributed by atoms with van der Waals surface area (Å²) in [6, 6.07) is 19.7. The number of nitrogens with zero attached hydrogens (tertiary/aromatic N) is 7. The lowest BCUT2D eigenvalue weighted by Gasteiger charge is -2.29. The third kappa shape index (κ3) is 10.0. The normalized spacial score (nSPS) is 15.0. The number of imide groups is 1. The number of aliphatic imine (C=N–C) groups is 1. The van der Waals surface area contributed by atoms with Gasteiger partial charge in [0.15, 0.2) is 0 Å². The number of carbonyl (C=O) groups is 5. The number of nitrogens with one attached hydrogen (secondary N) is 5. The third-order valence-electron chi connectivity index (χ3n) is 11.3. The molecule has 67 heavy (non-hydrogen) atoms. The molecule has 0 radical (unpaired) electrons. The number of halogens is 4. The van der Waals surface area contributed by atoms with Crippen molar-refractivity contribution in [3.05, 3.63) is 147 Å². The molecule has 1 saturated heterocycles. The van der Waals surface area contributed by atoms with E-state index in [1.54, 1.807) is 73.1 Å². The summed E-state index contributed by atoms with van der Waals surface area (Å²) in [5.74, 6) is -3.00. The minimum Gasteiger partial charge on any atom is -0.346 e. The average Bonchev–Trinajstić information content (AvgIpc) is 3.86. The van der Waals surface area contributed by atoms with Gasteiger partial charge in [0.05, 0.1) is 42.8 Å². The number of piperidine rings is 1. The highest BCUT2D eigenvalue weighted by molar-refractivity contribution is 6.31. The number of carbonyl (C=O) groups excluding carboxylic acids is 5. The van der Waals surface area contributed by atoms with Crippen molar-refractivity contribution in [3.63, 3.8) is 0 Å². The number of fused-ring (bicyclic) bond motifs is 4. The minimum absolute atomic E-state index is 0. The number of amides is 5. The fraction of sp³-hybridized carbons (Fsp3) is 0.217. The number of anilines is 3. The molecule has 6 aromatic rings. The van der Waals surface area contributed by atoms with Crippen LogP contribution in [0.15, 0.2) is 96.2 Å². The van der Waals surface area contributed by atoms with Gasteiger partial charge in [-0.2, -0.15) is 15.0 Å². The highest BCUT2D eigenvalue weighted by Crippen LogP contribution is 2.35. The van der Waals surface area contributed by atoms with Crippen molar-refractivity contribution < 1.29 is 32.8 Å². The number of hydrogen-bond donors (Lipinski definition) is 5. The van der Waals surface area contributed by atoms with Crippen molar-refractivity contribution >= 4 is 76.6 Å². The maximum absolute atomic E-state index is 14.9. The molecular weight excluding hydrogens is 909 g/mol. The molecule has 4 aromatic carbocycles. The molecule has 0 aliphatic carbocycles. The zero-order chi connectivity index (χ0) is 45.9. The number of aromatic nitrogens is 5. The predicted molar refractivity (Wildman–Crippen MR) is 245 cm³/mol. The highest BCUT2D eigenvalue weighted by Gasteiger charge is 2.40. The molecule has 0 bridgehead atoms. The van der Waals surface area contributed by atoms with Crippen LogP contribution in [0.25, 0.3) is 11.3 Å². The van der Waals surface area contributed by atoms with Crippen molar-refractivity contribution in [2.24, 2.45) is 4.99 Å². The van der Waals surface area contributed by atoms with Crippen LogP contribution in [0, 0.1) is 11.6 Å². The zero-order valence-electron chi connectivity index (χ0n) is 35.3. The molecule has 3 aliphatic heterocycles. The van der Waals surface area contributed by atoms with Crippen LogP contribution in [0.2, 0.25) is 5.02 Å². The topological polar surface area (TPSA) is 218 Å². The Bertz CT molecular complexity index is 2950. The lowest BCUT2D eigenvalue weighted by molar-refractivity contribution is -0.137. The van der Waals surface area contributed by atoms with Gasteiger partial charge in [0.2, 0.25) is 23.7 Å². The Morgan fingerprint density at radius 1 is 0.910 bits per heavy atom. The van der Waals surface area contributed by atoms with E-state index >= 15 is 0 Å². The van der Waals surface area contributed by atoms with Gasteiger partial charge >= 0.3 is 0 Å². The SMILES string of the molecule is Cl.O=C1CCC(N2Cc3c(NC(=O)CCNCCn4ncc(CNC(=O)c5ccc(Nc6ncc7c(n6)-c6ccc(Cl)cc6C(c6c(F)cccc6F)=NC7)cc5)n4)cccc3C2=O)C(=O)N1. The molecule has 0 saturated carbocycles. The maximum Gasteiger partial charge on any atom is 0.255 e. The fourth-order valence-electron chi connectivity index (χ4n) is 7.97. The monoisotopic (exact) mass is 948 g/mol. The molecule has 21 heteroatoms. The molecule has 1 fully saturated rings. The van der Waals surface area contributed by atoms with Crippen LogP contribution in [0.5, 0.6) is 0 Å². The molecule has 3 aliphatic rings. The van der Waals surface area contributed by atoms with Crippen LogP contribution in [0.4, 0.5) is 26.1 Å². The van der Waals surface area contributed by atoms with Crippen LogP contribution in [-0.4, -0.2) is 84.2 Å². The first-order valence-corrected chi connectivity index (χ1v) is 21.3. The Morgan fingerprint density at radius 3 is 2.49 bits per heavy atom. The quantitative estimate of drug-likeness (QED) is 0.0680. The summed E-state index contributed by atoms with van der Waals surface area (Å²) in [6.45, 7) is 1.60. The molecule has 17 nitrogen and oxygen atoms in total. The predicted octanol–water partition coefficient (Wildman–Crippen LogP) is 5.49. The summed E-state index contributed by atoms with van der Waals surface area (Å²) in [5, 5.41) is 23.4. The Morgan fingerprint density at radius 2 is 1.70 bits per heavy atom. The second-order valence-electron chi connectivity index (χ2n) is 15.6. The first-order chi connectivity index (χ1) is 32.0. The maximum atomic E-state index is 14.9. The molecule has 0 spiro atoms. The molecular formula is C46H40Cl2F2N12O5. The third-order valence-corrected chi connectivity index (χ3v) is 11.5. The van der Waals surface area contributed by atoms with Crippen molar-refractivity contribution in [2.75, 3.05) is 23.7 Å². The van der Waals surface area contributed by atoms with E-state index in [2.05, 4.69) is 46.8 Å². The van der Waals surface area contributed by atoms with Gasteiger partial charge < -0.3 is 26.2 Å². The van der Waals surface area contributed by atoms with Crippen LogP contribution in [0.3, 0.4) is 0 Å². The number of benzene rings is 4. The van der Waals surface area contributed by atoms with Crippen molar-refractivity contribution in [1.29, 1.82) is 0 Å². The molecule has 5 heterocycles. The van der Waals surface area contributed by atoms with Gasteiger partial charge in [0.1, 0.15) is 23.4 Å². The van der Waals surface area contributed by atoms with Gasteiger partial charge in [-0.3, -0.25) is 34.3 Å². The zero-order valence-corrected chi connectivity index (χ0v) is 36.9. The van der Waals surface area contributed by atoms with Gasteiger partial charge in [0, 0.05) is 88.5 Å². The van der Waals surface area contributed by atoms with Crippen LogP contribution in [-0.2, 0) is 40.6 Å². The van der Waals surface area contributed by atoms with E-state index in [1.165, 1.54) is 27.9 Å². The van der Waals surface area contributed by atoms with Gasteiger partial charge in [0.25, 0.3) is 11.8 Å². The Labute approximate surface area is 392 Å². The molecule has 5 amide bonds. The van der Waals surface area contributed by atoms with E-state index in [-0.39, 0.29) is 92.2 Å². The Kier molecular flexibility index (Phi) is 13.7. The van der Waals surface area contributed by atoms with E-state index < -0.39 is 23.6 Å². The molecule has 5 N–H and O–H groups in total. The van der Waals surface area contributed by atoms with Crippen molar-refractivity contribution in [3.8, 4) is 11.3 Å². The first kappa shape index (κ1) is 46.1. The van der Waals surface area contributed by atoms with E-state index in [0.29, 0.717) is 80.8 Å². The van der Waals surface area contributed by atoms with Gasteiger partial charge in [-0.25, -0.2) is 18.7 Å². The summed E-state index contributed by atoms with van der Waals surface area (Å²) in [7, 11) is 0. The van der Waals surface area contributed by atoms with Crippen molar-refractivity contribution in [1.82, 2.24) is 45.8 Å². The molecule has 342 valence electrons. The molecule has 1 atom stereocenters. The van der Waals surface area contributed by atoms with Gasteiger partial charge in [-0.15, -0.1) is 12.4 Å². The smallest absolute Gasteiger partial charge is 0.255 e. The molecule has 2 aromatic heterocycles. The number of hydrogen-bond acceptors (Lipinski definition) is 12. The standard InChI is InChI=1S/C46H39ClF2N12O5.ClH/c47-27-9-12-30-32(19-27)42(40-34(48)4-2-5-35(40)49)51-20-26-21-53-46(58-41(26)30)55-28-10-7-25(8-11-28)43(64)52-22-29-23-54-61(59-29)18-17-50-16-15-39(63)56-36-6-1-3-31-33(36)24-60(45(31)66)37-13-14-38(62)57-44(37)65;/h1-12,19,21,23,37,50H,13-18,20,22,24H2,(H,52,64)(H,56,63)(H,53,55,58)(H,57,62,65);1H. The Hall–Kier alpha value is -7.48. The summed E-state index contributed by atoms with van der Waals surface area (Å²) < 4.78 is 29.9. The van der Waals surface area contributed by atoms with Crippen LogP contribution >= 0.6 is 24.0 Å². The van der Waals surface area contributed by atoms with E-state index in [0.717, 1.165) is 0 Å². The van der Waals surface area contributed by atoms with E-state index in [1.807, 2.05) is 0 Å². The van der Waals surface area contributed by atoms with Gasteiger partial charge in [-0.05, 0) is 67.1 Å². The lowest BCUT2D eigenvalue weighted by atomic mass is 9.95. The minimum atomic E-state index is -0.749. The second-order valence-corrected chi connectivity index (χ2v) is 16.1. The Balaban J connectivity index is 0.00000608. The second kappa shape index (κ2) is 19.9. The fourth-order valence-corrected chi connectivity index (χ4v) is 8.14. The summed E-state index contributed by atoms with van der Waals surface area (Å²) in [5.41, 5.74) is 5.15. The molecule has 9 rings (SSSR count). The van der Waals surface area contributed by atoms with Crippen LogP contribution in [0.1, 0.15) is 67.9 Å².